The Balaban J connectivity index is 0.919. The van der Waals surface area contributed by atoms with E-state index >= 15 is 0 Å². The molecule has 3 heterocycles. The molecule has 4 heteroatoms. The van der Waals surface area contributed by atoms with E-state index in [4.69, 9.17) is 4.42 Å². The highest BCUT2D eigenvalue weighted by Crippen LogP contribution is 2.43. The number of hydrogen-bond donors (Lipinski definition) is 0. The van der Waals surface area contributed by atoms with Gasteiger partial charge in [0.25, 0.3) is 0 Å². The molecule has 290 valence electrons. The number of benzene rings is 10. The van der Waals surface area contributed by atoms with Crippen LogP contribution in [0.4, 0.5) is 17.1 Å². The van der Waals surface area contributed by atoms with Gasteiger partial charge in [-0.25, -0.2) is 0 Å². The molecule has 0 saturated heterocycles. The first kappa shape index (κ1) is 34.9. The number of fused-ring (bicyclic) bond motifs is 11. The first-order valence-corrected chi connectivity index (χ1v) is 21.9. The van der Waals surface area contributed by atoms with Crippen LogP contribution in [0.15, 0.2) is 223 Å². The van der Waals surface area contributed by atoms with Gasteiger partial charge in [0.1, 0.15) is 11.2 Å². The van der Waals surface area contributed by atoms with E-state index in [0.717, 1.165) is 55.8 Å². The van der Waals surface area contributed by atoms with Crippen LogP contribution in [0.25, 0.3) is 103 Å². The van der Waals surface area contributed by atoms with E-state index in [1.54, 1.807) is 0 Å². The average Bonchev–Trinajstić information content (AvgIpc) is 4.01. The molecular weight excluding hydrogens is 773 g/mol. The van der Waals surface area contributed by atoms with Gasteiger partial charge in [0, 0.05) is 69.9 Å². The number of thiophene rings is 1. The normalized spacial score (nSPS) is 11.9. The smallest absolute Gasteiger partial charge is 0.136 e. The third kappa shape index (κ3) is 5.51. The molecule has 0 aliphatic rings. The van der Waals surface area contributed by atoms with Gasteiger partial charge in [0.15, 0.2) is 0 Å². The molecule has 10 aromatic carbocycles. The molecule has 62 heavy (non-hydrogen) atoms. The van der Waals surface area contributed by atoms with Crippen LogP contribution in [0.1, 0.15) is 0 Å². The number of nitrogens with zero attached hydrogens (tertiary/aromatic N) is 2. The quantitative estimate of drug-likeness (QED) is 0.167. The summed E-state index contributed by atoms with van der Waals surface area (Å²) in [7, 11) is 0. The number of anilines is 3. The van der Waals surface area contributed by atoms with Crippen LogP contribution in [0.2, 0.25) is 0 Å². The maximum atomic E-state index is 6.26. The van der Waals surface area contributed by atoms with Gasteiger partial charge in [0.2, 0.25) is 0 Å². The Bertz CT molecular complexity index is 3860. The molecule has 0 bridgehead atoms. The zero-order valence-corrected chi connectivity index (χ0v) is 34.3. The summed E-state index contributed by atoms with van der Waals surface area (Å²) in [6.07, 6.45) is 0. The summed E-state index contributed by atoms with van der Waals surface area (Å²) in [4.78, 5) is 2.38. The minimum absolute atomic E-state index is 0.903. The Kier molecular flexibility index (Phi) is 7.78. The van der Waals surface area contributed by atoms with Crippen molar-refractivity contribution in [1.82, 2.24) is 4.57 Å². The van der Waals surface area contributed by atoms with Crippen molar-refractivity contribution in [1.29, 1.82) is 0 Å². The second-order valence-electron chi connectivity index (χ2n) is 16.1. The van der Waals surface area contributed by atoms with Gasteiger partial charge in [-0.15, -0.1) is 11.3 Å². The first-order chi connectivity index (χ1) is 30.7. The van der Waals surface area contributed by atoms with Crippen LogP contribution >= 0.6 is 11.3 Å². The van der Waals surface area contributed by atoms with E-state index in [0.29, 0.717) is 0 Å². The summed E-state index contributed by atoms with van der Waals surface area (Å²) in [5.74, 6) is 0. The fourth-order valence-corrected chi connectivity index (χ4v) is 10.8. The standard InChI is InChI=1S/C58H36N2OS/c1-2-11-42(12-3-1)60-53-34-40(23-30-47(53)52-32-22-39-10-4-5-13-46(39)58(52)60)37-18-25-43(26-19-37)59(45-29-33-51-50-15-7-9-17-56(50)62-57(51)36-45)44-27-20-38(21-28-44)41-24-31-49-48-14-6-8-16-54(48)61-55(49)35-41/h1-36H. The van der Waals surface area contributed by atoms with Crippen molar-refractivity contribution < 1.29 is 4.42 Å². The summed E-state index contributed by atoms with van der Waals surface area (Å²) in [6.45, 7) is 0. The lowest BCUT2D eigenvalue weighted by molar-refractivity contribution is 0.669. The highest BCUT2D eigenvalue weighted by atomic mass is 32.1. The predicted molar refractivity (Wildman–Crippen MR) is 264 cm³/mol. The van der Waals surface area contributed by atoms with E-state index in [-0.39, 0.29) is 0 Å². The lowest BCUT2D eigenvalue weighted by atomic mass is 10.0. The second kappa shape index (κ2) is 13.8. The van der Waals surface area contributed by atoms with Crippen molar-refractivity contribution in [2.75, 3.05) is 4.90 Å². The third-order valence-corrected chi connectivity index (χ3v) is 13.7. The number of rotatable bonds is 6. The van der Waals surface area contributed by atoms with Gasteiger partial charge < -0.3 is 13.9 Å². The monoisotopic (exact) mass is 808 g/mol. The Morgan fingerprint density at radius 3 is 1.71 bits per heavy atom. The van der Waals surface area contributed by atoms with Crippen LogP contribution in [-0.2, 0) is 0 Å². The summed E-state index contributed by atoms with van der Waals surface area (Å²) >= 11 is 1.85. The minimum atomic E-state index is 0.903. The SMILES string of the molecule is c1ccc(-n2c3cc(-c4ccc(N(c5ccc(-c6ccc7c(c6)oc6ccccc67)cc5)c5ccc6c(c5)sc5ccccc56)cc4)ccc3c3ccc4ccccc4c32)cc1. The summed E-state index contributed by atoms with van der Waals surface area (Å²) in [6, 6.07) is 79.3. The molecule has 0 fully saturated rings. The fraction of sp³-hybridized carbons (Fsp3) is 0. The molecule has 0 N–H and O–H groups in total. The van der Waals surface area contributed by atoms with Crippen LogP contribution in [-0.4, -0.2) is 4.57 Å². The van der Waals surface area contributed by atoms with Crippen LogP contribution in [0, 0.1) is 0 Å². The zero-order chi connectivity index (χ0) is 40.7. The van der Waals surface area contributed by atoms with Crippen molar-refractivity contribution >= 4 is 103 Å². The lowest BCUT2D eigenvalue weighted by Crippen LogP contribution is -2.09. The molecule has 0 amide bonds. The summed E-state index contributed by atoms with van der Waals surface area (Å²) in [5, 5.41) is 9.88. The summed E-state index contributed by atoms with van der Waals surface area (Å²) in [5.41, 5.74) is 13.3. The van der Waals surface area contributed by atoms with Crippen molar-refractivity contribution in [3.8, 4) is 27.9 Å². The molecule has 0 saturated carbocycles. The van der Waals surface area contributed by atoms with E-state index in [1.807, 2.05) is 23.5 Å². The van der Waals surface area contributed by atoms with Crippen molar-refractivity contribution in [2.45, 2.75) is 0 Å². The van der Waals surface area contributed by atoms with Crippen LogP contribution in [0.3, 0.4) is 0 Å². The van der Waals surface area contributed by atoms with Crippen molar-refractivity contribution in [3.63, 3.8) is 0 Å². The second-order valence-corrected chi connectivity index (χ2v) is 17.2. The van der Waals surface area contributed by atoms with E-state index in [1.165, 1.54) is 63.9 Å². The Labute approximate surface area is 361 Å². The summed E-state index contributed by atoms with van der Waals surface area (Å²) < 4.78 is 11.3. The number of hydrogen-bond acceptors (Lipinski definition) is 3. The molecule has 0 unspecified atom stereocenters. The minimum Gasteiger partial charge on any atom is -0.456 e. The molecular formula is C58H36N2OS. The maximum Gasteiger partial charge on any atom is 0.136 e. The number of aromatic nitrogens is 1. The van der Waals surface area contributed by atoms with E-state index < -0.39 is 0 Å². The van der Waals surface area contributed by atoms with Crippen molar-refractivity contribution in [3.05, 3.63) is 218 Å². The highest BCUT2D eigenvalue weighted by Gasteiger charge is 2.18. The predicted octanol–water partition coefficient (Wildman–Crippen LogP) is 17.0. The number of furan rings is 1. The van der Waals surface area contributed by atoms with Gasteiger partial charge in [-0.05, 0) is 107 Å². The van der Waals surface area contributed by atoms with Gasteiger partial charge in [0.05, 0.1) is 11.0 Å². The van der Waals surface area contributed by atoms with Crippen LogP contribution in [0.5, 0.6) is 0 Å². The molecule has 0 radical (unpaired) electrons. The number of para-hydroxylation sites is 2. The Morgan fingerprint density at radius 1 is 0.355 bits per heavy atom. The zero-order valence-electron chi connectivity index (χ0n) is 33.5. The Morgan fingerprint density at radius 2 is 0.919 bits per heavy atom. The molecule has 3 aromatic heterocycles. The molecule has 13 rings (SSSR count). The maximum absolute atomic E-state index is 6.26. The molecule has 0 aliphatic carbocycles. The van der Waals surface area contributed by atoms with E-state index in [9.17, 15) is 0 Å². The third-order valence-electron chi connectivity index (χ3n) is 12.6. The fourth-order valence-electron chi connectivity index (χ4n) is 9.62. The molecule has 0 atom stereocenters. The molecule has 0 aliphatic heterocycles. The largest absolute Gasteiger partial charge is 0.456 e. The first-order valence-electron chi connectivity index (χ1n) is 21.1. The average molecular weight is 809 g/mol. The topological polar surface area (TPSA) is 21.3 Å². The molecule has 13 aromatic rings. The molecule has 3 nitrogen and oxygen atoms in total. The Hall–Kier alpha value is -7.92. The highest BCUT2D eigenvalue weighted by molar-refractivity contribution is 7.25. The van der Waals surface area contributed by atoms with E-state index in [2.05, 4.69) is 216 Å². The van der Waals surface area contributed by atoms with Gasteiger partial charge in [-0.3, -0.25) is 0 Å². The van der Waals surface area contributed by atoms with Gasteiger partial charge >= 0.3 is 0 Å². The molecule has 0 spiro atoms. The lowest BCUT2D eigenvalue weighted by Gasteiger charge is -2.26. The van der Waals surface area contributed by atoms with Gasteiger partial charge in [-0.2, -0.15) is 0 Å². The van der Waals surface area contributed by atoms with Gasteiger partial charge in [-0.1, -0.05) is 140 Å². The van der Waals surface area contributed by atoms with Crippen molar-refractivity contribution in [2.24, 2.45) is 0 Å². The van der Waals surface area contributed by atoms with Crippen LogP contribution < -0.4 is 4.90 Å².